The lowest BCUT2D eigenvalue weighted by Crippen LogP contribution is -2.16. The number of anilines is 1. The van der Waals surface area contributed by atoms with Gasteiger partial charge in [-0.05, 0) is 44.9 Å². The summed E-state index contributed by atoms with van der Waals surface area (Å²) in [4.78, 5) is 16.4. The van der Waals surface area contributed by atoms with Gasteiger partial charge in [0.15, 0.2) is 0 Å². The first-order valence-corrected chi connectivity index (χ1v) is 6.69. The Labute approximate surface area is 119 Å². The van der Waals surface area contributed by atoms with Crippen LogP contribution in [-0.2, 0) is 11.3 Å². The molecular formula is C15H20N4O. The molecule has 1 N–H and O–H groups in total. The third-order valence-electron chi connectivity index (χ3n) is 3.12. The predicted octanol–water partition coefficient (Wildman–Crippen LogP) is 2.54. The van der Waals surface area contributed by atoms with Crippen molar-refractivity contribution >= 4 is 11.6 Å². The van der Waals surface area contributed by atoms with E-state index in [0.717, 1.165) is 28.2 Å². The second kappa shape index (κ2) is 5.86. The van der Waals surface area contributed by atoms with Crippen LogP contribution in [0.25, 0.3) is 0 Å². The van der Waals surface area contributed by atoms with Crippen molar-refractivity contribution in [3.8, 4) is 0 Å². The monoisotopic (exact) mass is 272 g/mol. The van der Waals surface area contributed by atoms with E-state index in [4.69, 9.17) is 0 Å². The Bertz CT molecular complexity index is 608. The molecule has 2 rings (SSSR count). The van der Waals surface area contributed by atoms with Gasteiger partial charge in [0.1, 0.15) is 0 Å². The van der Waals surface area contributed by atoms with Crippen LogP contribution in [0.3, 0.4) is 0 Å². The average Bonchev–Trinajstić information content (AvgIpc) is 2.77. The first-order chi connectivity index (χ1) is 9.45. The molecule has 0 fully saturated rings. The van der Waals surface area contributed by atoms with Gasteiger partial charge in [-0.25, -0.2) is 0 Å². The van der Waals surface area contributed by atoms with Crippen LogP contribution in [0.15, 0.2) is 18.5 Å². The van der Waals surface area contributed by atoms with Gasteiger partial charge in [-0.3, -0.25) is 14.5 Å². The summed E-state index contributed by atoms with van der Waals surface area (Å²) in [6, 6.07) is 1.97. The van der Waals surface area contributed by atoms with E-state index in [9.17, 15) is 4.79 Å². The Morgan fingerprint density at radius 2 is 2.05 bits per heavy atom. The fourth-order valence-electron chi connectivity index (χ4n) is 2.22. The summed E-state index contributed by atoms with van der Waals surface area (Å²) in [7, 11) is 0. The van der Waals surface area contributed by atoms with Crippen molar-refractivity contribution < 1.29 is 4.79 Å². The SMILES string of the molecule is Cc1cnn(CCC(=O)Nc2c(C)cc(C)nc2C)c1. The number of carbonyl (C=O) groups excluding carboxylic acids is 1. The van der Waals surface area contributed by atoms with Crippen LogP contribution < -0.4 is 5.32 Å². The van der Waals surface area contributed by atoms with E-state index in [1.165, 1.54) is 0 Å². The first-order valence-electron chi connectivity index (χ1n) is 6.69. The molecule has 0 atom stereocenters. The molecule has 5 nitrogen and oxygen atoms in total. The summed E-state index contributed by atoms with van der Waals surface area (Å²) in [5.41, 5.74) is 4.77. The lowest BCUT2D eigenvalue weighted by molar-refractivity contribution is -0.116. The second-order valence-corrected chi connectivity index (χ2v) is 5.12. The minimum absolute atomic E-state index is 0.0185. The molecule has 0 bridgehead atoms. The molecular weight excluding hydrogens is 252 g/mol. The number of amides is 1. The number of rotatable bonds is 4. The van der Waals surface area contributed by atoms with Crippen molar-refractivity contribution in [2.75, 3.05) is 5.32 Å². The van der Waals surface area contributed by atoms with E-state index >= 15 is 0 Å². The molecule has 2 heterocycles. The number of aromatic nitrogens is 3. The summed E-state index contributed by atoms with van der Waals surface area (Å²) in [5, 5.41) is 7.11. The topological polar surface area (TPSA) is 59.8 Å². The third-order valence-corrected chi connectivity index (χ3v) is 3.12. The number of carbonyl (C=O) groups is 1. The number of pyridine rings is 1. The number of aryl methyl sites for hydroxylation is 5. The Morgan fingerprint density at radius 1 is 1.30 bits per heavy atom. The highest BCUT2D eigenvalue weighted by atomic mass is 16.1. The van der Waals surface area contributed by atoms with Crippen molar-refractivity contribution in [3.05, 3.63) is 41.0 Å². The molecule has 0 aliphatic heterocycles. The minimum atomic E-state index is -0.0185. The maximum absolute atomic E-state index is 12.0. The van der Waals surface area contributed by atoms with Gasteiger partial charge in [-0.1, -0.05) is 0 Å². The molecule has 0 radical (unpaired) electrons. The summed E-state index contributed by atoms with van der Waals surface area (Å²) >= 11 is 0. The molecule has 5 heteroatoms. The van der Waals surface area contributed by atoms with Crippen molar-refractivity contribution in [3.63, 3.8) is 0 Å². The summed E-state index contributed by atoms with van der Waals surface area (Å²) in [6.45, 7) is 8.40. The van der Waals surface area contributed by atoms with Gasteiger partial charge >= 0.3 is 0 Å². The van der Waals surface area contributed by atoms with E-state index in [1.54, 1.807) is 10.9 Å². The fourth-order valence-corrected chi connectivity index (χ4v) is 2.22. The van der Waals surface area contributed by atoms with Gasteiger partial charge in [0.05, 0.1) is 17.6 Å². The van der Waals surface area contributed by atoms with Crippen LogP contribution in [0, 0.1) is 27.7 Å². The molecule has 0 saturated heterocycles. The normalized spacial score (nSPS) is 10.6. The smallest absolute Gasteiger partial charge is 0.226 e. The molecule has 0 aromatic carbocycles. The second-order valence-electron chi connectivity index (χ2n) is 5.12. The van der Waals surface area contributed by atoms with Crippen LogP contribution in [0.2, 0.25) is 0 Å². The standard InChI is InChI=1S/C15H20N4O/c1-10-8-16-19(9-10)6-5-14(20)18-15-11(2)7-12(3)17-13(15)4/h7-9H,5-6H2,1-4H3,(H,18,20). The Kier molecular flexibility index (Phi) is 4.17. The van der Waals surface area contributed by atoms with Gasteiger partial charge < -0.3 is 5.32 Å². The molecule has 0 aliphatic rings. The Morgan fingerprint density at radius 3 is 2.65 bits per heavy atom. The van der Waals surface area contributed by atoms with Gasteiger partial charge in [-0.15, -0.1) is 0 Å². The van der Waals surface area contributed by atoms with Crippen LogP contribution in [0.4, 0.5) is 5.69 Å². The highest BCUT2D eigenvalue weighted by Crippen LogP contribution is 2.19. The van der Waals surface area contributed by atoms with E-state index in [-0.39, 0.29) is 5.91 Å². The molecule has 2 aromatic heterocycles. The molecule has 0 unspecified atom stereocenters. The predicted molar refractivity (Wildman–Crippen MR) is 78.7 cm³/mol. The van der Waals surface area contributed by atoms with Crippen LogP contribution >= 0.6 is 0 Å². The van der Waals surface area contributed by atoms with E-state index < -0.39 is 0 Å². The molecule has 20 heavy (non-hydrogen) atoms. The van der Waals surface area contributed by atoms with Crippen molar-refractivity contribution in [1.82, 2.24) is 14.8 Å². The Balaban J connectivity index is 1.98. The summed E-state index contributed by atoms with van der Waals surface area (Å²) in [5.74, 6) is -0.0185. The highest BCUT2D eigenvalue weighted by Gasteiger charge is 2.09. The maximum atomic E-state index is 12.0. The molecule has 1 amide bonds. The van der Waals surface area contributed by atoms with E-state index in [0.29, 0.717) is 13.0 Å². The van der Waals surface area contributed by atoms with Gasteiger partial charge in [0.2, 0.25) is 5.91 Å². The van der Waals surface area contributed by atoms with Crippen LogP contribution in [0.1, 0.15) is 28.9 Å². The zero-order valence-corrected chi connectivity index (χ0v) is 12.4. The third kappa shape index (κ3) is 3.44. The number of nitrogens with one attached hydrogen (secondary N) is 1. The molecule has 0 spiro atoms. The summed E-state index contributed by atoms with van der Waals surface area (Å²) in [6.07, 6.45) is 4.11. The number of hydrogen-bond acceptors (Lipinski definition) is 3. The molecule has 2 aromatic rings. The molecule has 106 valence electrons. The number of hydrogen-bond donors (Lipinski definition) is 1. The van der Waals surface area contributed by atoms with Gasteiger partial charge in [0, 0.05) is 24.9 Å². The fraction of sp³-hybridized carbons (Fsp3) is 0.400. The zero-order chi connectivity index (χ0) is 14.7. The first kappa shape index (κ1) is 14.2. The molecule has 0 aliphatic carbocycles. The lowest BCUT2D eigenvalue weighted by Gasteiger charge is -2.12. The zero-order valence-electron chi connectivity index (χ0n) is 12.4. The van der Waals surface area contributed by atoms with Gasteiger partial charge in [-0.2, -0.15) is 5.10 Å². The largest absolute Gasteiger partial charge is 0.324 e. The maximum Gasteiger partial charge on any atom is 0.226 e. The number of nitrogens with zero attached hydrogens (tertiary/aromatic N) is 3. The highest BCUT2D eigenvalue weighted by molar-refractivity contribution is 5.92. The van der Waals surface area contributed by atoms with Crippen molar-refractivity contribution in [2.24, 2.45) is 0 Å². The Hall–Kier alpha value is -2.17. The van der Waals surface area contributed by atoms with Crippen molar-refractivity contribution in [1.29, 1.82) is 0 Å². The average molecular weight is 272 g/mol. The lowest BCUT2D eigenvalue weighted by atomic mass is 10.1. The van der Waals surface area contributed by atoms with Gasteiger partial charge in [0.25, 0.3) is 0 Å². The van der Waals surface area contributed by atoms with Crippen LogP contribution in [0.5, 0.6) is 0 Å². The quantitative estimate of drug-likeness (QED) is 0.930. The molecule has 0 saturated carbocycles. The van der Waals surface area contributed by atoms with Crippen molar-refractivity contribution in [2.45, 2.75) is 40.7 Å². The van der Waals surface area contributed by atoms with Crippen LogP contribution in [-0.4, -0.2) is 20.7 Å². The minimum Gasteiger partial charge on any atom is -0.324 e. The summed E-state index contributed by atoms with van der Waals surface area (Å²) < 4.78 is 1.78. The van der Waals surface area contributed by atoms with E-state index in [1.807, 2.05) is 40.0 Å². The van der Waals surface area contributed by atoms with E-state index in [2.05, 4.69) is 15.4 Å².